The summed E-state index contributed by atoms with van der Waals surface area (Å²) in [4.78, 5) is 10.0. The van der Waals surface area contributed by atoms with E-state index in [1.807, 2.05) is 54.7 Å². The van der Waals surface area contributed by atoms with Crippen molar-refractivity contribution >= 4 is 32.8 Å². The van der Waals surface area contributed by atoms with Crippen LogP contribution < -0.4 is 0 Å². The van der Waals surface area contributed by atoms with Crippen molar-refractivity contribution in [3.8, 4) is 50.9 Å². The van der Waals surface area contributed by atoms with Gasteiger partial charge in [-0.15, -0.1) is 0 Å². The number of aromatic hydroxyl groups is 1. The minimum atomic E-state index is 0.187. The molecular formula is C42H28N4O. The van der Waals surface area contributed by atoms with Crippen LogP contribution in [-0.2, 0) is 0 Å². The van der Waals surface area contributed by atoms with E-state index in [0.717, 1.165) is 55.8 Å². The van der Waals surface area contributed by atoms with Crippen LogP contribution in [0.1, 0.15) is 0 Å². The van der Waals surface area contributed by atoms with Gasteiger partial charge in [-0.1, -0.05) is 84.9 Å². The van der Waals surface area contributed by atoms with Crippen molar-refractivity contribution in [1.29, 1.82) is 0 Å². The largest absolute Gasteiger partial charge is 0.507 e. The Hall–Kier alpha value is -6.46. The predicted molar refractivity (Wildman–Crippen MR) is 191 cm³/mol. The molecule has 0 radical (unpaired) electrons. The number of imidazole rings is 1. The van der Waals surface area contributed by atoms with Gasteiger partial charge >= 0.3 is 0 Å². The number of hydrogen-bond donors (Lipinski definition) is 1. The number of aromatic nitrogens is 4. The molecule has 0 saturated carbocycles. The predicted octanol–water partition coefficient (Wildman–Crippen LogP) is 10.2. The Labute approximate surface area is 271 Å². The summed E-state index contributed by atoms with van der Waals surface area (Å²) in [6.07, 6.45) is 1.84. The monoisotopic (exact) mass is 604 g/mol. The molecule has 3 aromatic heterocycles. The van der Waals surface area contributed by atoms with Crippen LogP contribution in [0.4, 0.5) is 0 Å². The summed E-state index contributed by atoms with van der Waals surface area (Å²) < 4.78 is 4.47. The smallest absolute Gasteiger partial charge is 0.149 e. The molecule has 222 valence electrons. The van der Waals surface area contributed by atoms with Crippen LogP contribution in [-0.4, -0.2) is 24.2 Å². The molecular weight excluding hydrogens is 576 g/mol. The van der Waals surface area contributed by atoms with Crippen LogP contribution in [0.5, 0.6) is 5.75 Å². The second-order valence-electron chi connectivity index (χ2n) is 11.7. The number of nitrogens with zero attached hydrogens (tertiary/aromatic N) is 4. The number of fused-ring (bicyclic) bond motifs is 4. The molecule has 9 aromatic rings. The minimum Gasteiger partial charge on any atom is -0.507 e. The Morgan fingerprint density at radius 1 is 0.468 bits per heavy atom. The second-order valence-corrected chi connectivity index (χ2v) is 11.7. The van der Waals surface area contributed by atoms with Crippen molar-refractivity contribution in [2.24, 2.45) is 0 Å². The first kappa shape index (κ1) is 26.9. The Balaban J connectivity index is 1.35. The Kier molecular flexibility index (Phi) is 6.22. The van der Waals surface area contributed by atoms with Crippen LogP contribution in [0.3, 0.4) is 0 Å². The summed E-state index contributed by atoms with van der Waals surface area (Å²) in [5, 5.41) is 13.4. The quantitative estimate of drug-likeness (QED) is 0.213. The van der Waals surface area contributed by atoms with Crippen LogP contribution in [0.2, 0.25) is 0 Å². The lowest BCUT2D eigenvalue weighted by atomic mass is 9.99. The molecule has 0 unspecified atom stereocenters. The standard InChI is InChI=1S/C42H28N4O/c47-40-23-9-6-17-35(40)42-44-41-32(18-12-22-39(41)46(42)30-13-2-1-3-14-30)28-25-29(36-19-10-11-24-43-36)27-31(26-28)45-37-20-7-4-15-33(37)34-16-5-8-21-38(34)45/h1-27,47H. The van der Waals surface area contributed by atoms with E-state index >= 15 is 0 Å². The molecule has 0 spiro atoms. The van der Waals surface area contributed by atoms with E-state index in [-0.39, 0.29) is 5.75 Å². The van der Waals surface area contributed by atoms with E-state index < -0.39 is 0 Å². The highest BCUT2D eigenvalue weighted by molar-refractivity contribution is 6.09. The van der Waals surface area contributed by atoms with Gasteiger partial charge in [-0.2, -0.15) is 0 Å². The van der Waals surface area contributed by atoms with Gasteiger partial charge in [-0.05, 0) is 78.4 Å². The van der Waals surface area contributed by atoms with Crippen molar-refractivity contribution in [2.75, 3.05) is 0 Å². The van der Waals surface area contributed by atoms with E-state index in [2.05, 4.69) is 112 Å². The fraction of sp³-hybridized carbons (Fsp3) is 0. The molecule has 0 fully saturated rings. The summed E-state index contributed by atoms with van der Waals surface area (Å²) in [7, 11) is 0. The topological polar surface area (TPSA) is 55.9 Å². The lowest BCUT2D eigenvalue weighted by molar-refractivity contribution is 0.477. The van der Waals surface area contributed by atoms with Crippen LogP contribution >= 0.6 is 0 Å². The number of phenols is 1. The van der Waals surface area contributed by atoms with Gasteiger partial charge in [-0.25, -0.2) is 4.98 Å². The number of benzene rings is 6. The Bertz CT molecular complexity index is 2530. The maximum atomic E-state index is 11.0. The molecule has 3 heterocycles. The minimum absolute atomic E-state index is 0.187. The van der Waals surface area contributed by atoms with E-state index in [4.69, 9.17) is 9.97 Å². The number of pyridine rings is 1. The summed E-state index contributed by atoms with van der Waals surface area (Å²) in [5.74, 6) is 0.868. The molecule has 5 nitrogen and oxygen atoms in total. The van der Waals surface area contributed by atoms with Gasteiger partial charge in [0.25, 0.3) is 0 Å². The summed E-state index contributed by atoms with van der Waals surface area (Å²) in [6, 6.07) is 53.7. The lowest BCUT2D eigenvalue weighted by Crippen LogP contribution is -1.97. The fourth-order valence-corrected chi connectivity index (χ4v) is 6.79. The summed E-state index contributed by atoms with van der Waals surface area (Å²) in [5.41, 5.74) is 10.7. The Morgan fingerprint density at radius 3 is 1.85 bits per heavy atom. The highest BCUT2D eigenvalue weighted by Crippen LogP contribution is 2.40. The van der Waals surface area contributed by atoms with E-state index in [9.17, 15) is 5.11 Å². The normalized spacial score (nSPS) is 11.5. The molecule has 5 heteroatoms. The third-order valence-corrected chi connectivity index (χ3v) is 8.87. The molecule has 0 atom stereocenters. The highest BCUT2D eigenvalue weighted by Gasteiger charge is 2.21. The molecule has 0 amide bonds. The molecule has 0 aliphatic carbocycles. The SMILES string of the molecule is Oc1ccccc1-c1nc2c(-c3cc(-c4ccccn4)cc(-n4c5ccccc5c5ccccc54)c3)cccc2n1-c1ccccc1. The van der Waals surface area contributed by atoms with Gasteiger partial charge in [-0.3, -0.25) is 9.55 Å². The van der Waals surface area contributed by atoms with E-state index in [0.29, 0.717) is 11.4 Å². The van der Waals surface area contributed by atoms with Gasteiger partial charge in [0, 0.05) is 39.5 Å². The third-order valence-electron chi connectivity index (χ3n) is 8.87. The molecule has 0 aliphatic heterocycles. The zero-order valence-corrected chi connectivity index (χ0v) is 25.3. The first-order valence-corrected chi connectivity index (χ1v) is 15.7. The maximum absolute atomic E-state index is 11.0. The van der Waals surface area contributed by atoms with Gasteiger partial charge < -0.3 is 9.67 Å². The first-order valence-electron chi connectivity index (χ1n) is 15.7. The molecule has 0 aliphatic rings. The molecule has 47 heavy (non-hydrogen) atoms. The van der Waals surface area contributed by atoms with Crippen molar-refractivity contribution in [3.05, 3.63) is 164 Å². The first-order chi connectivity index (χ1) is 23.2. The van der Waals surface area contributed by atoms with Crippen LogP contribution in [0.15, 0.2) is 164 Å². The lowest BCUT2D eigenvalue weighted by Gasteiger charge is -2.14. The van der Waals surface area contributed by atoms with Crippen molar-refractivity contribution in [2.45, 2.75) is 0 Å². The Morgan fingerprint density at radius 2 is 1.11 bits per heavy atom. The third kappa shape index (κ3) is 4.40. The number of phenolic OH excluding ortho intramolecular Hbond substituents is 1. The van der Waals surface area contributed by atoms with Crippen LogP contribution in [0, 0.1) is 0 Å². The van der Waals surface area contributed by atoms with Crippen LogP contribution in [0.25, 0.3) is 78.0 Å². The van der Waals surface area contributed by atoms with Crippen molar-refractivity contribution in [3.63, 3.8) is 0 Å². The molecule has 1 N–H and O–H groups in total. The van der Waals surface area contributed by atoms with Crippen molar-refractivity contribution < 1.29 is 5.11 Å². The average Bonchev–Trinajstić information content (AvgIpc) is 3.69. The van der Waals surface area contributed by atoms with Gasteiger partial charge in [0.15, 0.2) is 0 Å². The summed E-state index contributed by atoms with van der Waals surface area (Å²) >= 11 is 0. The second kappa shape index (κ2) is 10.9. The highest BCUT2D eigenvalue weighted by atomic mass is 16.3. The van der Waals surface area contributed by atoms with E-state index in [1.54, 1.807) is 6.07 Å². The summed E-state index contributed by atoms with van der Waals surface area (Å²) in [6.45, 7) is 0. The average molecular weight is 605 g/mol. The van der Waals surface area contributed by atoms with Gasteiger partial charge in [0.1, 0.15) is 11.6 Å². The fourth-order valence-electron chi connectivity index (χ4n) is 6.79. The number of para-hydroxylation sites is 5. The van der Waals surface area contributed by atoms with Gasteiger partial charge in [0.2, 0.25) is 0 Å². The zero-order valence-electron chi connectivity index (χ0n) is 25.3. The number of rotatable bonds is 5. The van der Waals surface area contributed by atoms with Crippen molar-refractivity contribution in [1.82, 2.24) is 19.1 Å². The molecule has 0 bridgehead atoms. The maximum Gasteiger partial charge on any atom is 0.149 e. The number of hydrogen-bond acceptors (Lipinski definition) is 3. The zero-order chi connectivity index (χ0) is 31.3. The molecule has 0 saturated heterocycles. The van der Waals surface area contributed by atoms with E-state index in [1.165, 1.54) is 10.8 Å². The van der Waals surface area contributed by atoms with Gasteiger partial charge in [0.05, 0.1) is 33.3 Å². The molecule has 9 rings (SSSR count). The molecule has 6 aromatic carbocycles.